The van der Waals surface area contributed by atoms with Gasteiger partial charge >= 0.3 is 0 Å². The molecule has 0 radical (unpaired) electrons. The first kappa shape index (κ1) is 19.5. The predicted molar refractivity (Wildman–Crippen MR) is 114 cm³/mol. The number of aromatic nitrogens is 1. The third-order valence-electron chi connectivity index (χ3n) is 7.97. The summed E-state index contributed by atoms with van der Waals surface area (Å²) in [6.07, 6.45) is 14.8. The van der Waals surface area contributed by atoms with Crippen molar-refractivity contribution in [1.29, 1.82) is 0 Å². The van der Waals surface area contributed by atoms with Crippen LogP contribution in [0.5, 0.6) is 0 Å². The highest BCUT2D eigenvalue weighted by Crippen LogP contribution is 2.49. The van der Waals surface area contributed by atoms with Crippen molar-refractivity contribution < 1.29 is 4.79 Å². The molecule has 158 valence electrons. The lowest BCUT2D eigenvalue weighted by Crippen LogP contribution is -2.54. The van der Waals surface area contributed by atoms with Gasteiger partial charge in [0.15, 0.2) is 0 Å². The van der Waals surface area contributed by atoms with E-state index in [-0.39, 0.29) is 11.5 Å². The topological polar surface area (TPSA) is 39.7 Å². The van der Waals surface area contributed by atoms with E-state index in [1.165, 1.54) is 63.5 Å². The van der Waals surface area contributed by atoms with Gasteiger partial charge in [0, 0.05) is 43.6 Å². The number of carbonyl (C=O) groups excluding carboxylic acids is 1. The Balaban J connectivity index is 1.14. The van der Waals surface area contributed by atoms with Crippen LogP contribution in [0.2, 0.25) is 0 Å². The Bertz CT molecular complexity index is 696. The number of rotatable bonds is 4. The molecule has 1 atom stereocenters. The molecule has 29 heavy (non-hydrogen) atoms. The highest BCUT2D eigenvalue weighted by molar-refractivity contribution is 5.80. The van der Waals surface area contributed by atoms with Gasteiger partial charge in [-0.25, -0.2) is 0 Å². The molecule has 5 rings (SSSR count). The van der Waals surface area contributed by atoms with E-state index in [1.807, 2.05) is 12.4 Å². The van der Waals surface area contributed by atoms with E-state index in [4.69, 9.17) is 0 Å². The van der Waals surface area contributed by atoms with Gasteiger partial charge in [-0.05, 0) is 95.1 Å². The number of carbonyl (C=O) groups is 1. The lowest BCUT2D eigenvalue weighted by molar-refractivity contribution is -0.142. The molecule has 1 amide bonds. The van der Waals surface area contributed by atoms with Gasteiger partial charge in [-0.15, -0.1) is 0 Å². The quantitative estimate of drug-likeness (QED) is 0.783. The number of hydrogen-bond acceptors (Lipinski definition) is 4. The van der Waals surface area contributed by atoms with Crippen molar-refractivity contribution in [3.8, 4) is 0 Å². The fourth-order valence-electron chi connectivity index (χ4n) is 6.05. The smallest absolute Gasteiger partial charge is 0.227 e. The van der Waals surface area contributed by atoms with Crippen LogP contribution in [0, 0.1) is 5.92 Å². The molecule has 1 aromatic heterocycles. The Labute approximate surface area is 175 Å². The average molecular weight is 397 g/mol. The number of pyridine rings is 1. The van der Waals surface area contributed by atoms with Crippen LogP contribution in [0.4, 0.5) is 0 Å². The zero-order valence-electron chi connectivity index (χ0n) is 17.8. The van der Waals surface area contributed by atoms with Crippen LogP contribution in [0.15, 0.2) is 24.5 Å². The first-order valence-electron chi connectivity index (χ1n) is 11.9. The Morgan fingerprint density at radius 2 is 1.76 bits per heavy atom. The van der Waals surface area contributed by atoms with Crippen LogP contribution in [0.1, 0.15) is 63.4 Å². The third kappa shape index (κ3) is 4.22. The van der Waals surface area contributed by atoms with Crippen molar-refractivity contribution in [1.82, 2.24) is 19.7 Å². The number of hydrogen-bond donors (Lipinski definition) is 0. The second kappa shape index (κ2) is 8.35. The molecule has 3 saturated heterocycles. The lowest BCUT2D eigenvalue weighted by atomic mass is 9.90. The van der Waals surface area contributed by atoms with Crippen LogP contribution in [0.3, 0.4) is 0 Å². The van der Waals surface area contributed by atoms with Gasteiger partial charge in [0.25, 0.3) is 0 Å². The van der Waals surface area contributed by atoms with E-state index in [0.717, 1.165) is 39.1 Å². The van der Waals surface area contributed by atoms with Crippen LogP contribution in [0.25, 0.3) is 0 Å². The van der Waals surface area contributed by atoms with Crippen molar-refractivity contribution in [3.05, 3.63) is 30.1 Å². The molecule has 5 nitrogen and oxygen atoms in total. The number of nitrogens with zero attached hydrogens (tertiary/aromatic N) is 4. The van der Waals surface area contributed by atoms with Gasteiger partial charge in [-0.1, -0.05) is 0 Å². The summed E-state index contributed by atoms with van der Waals surface area (Å²) in [7, 11) is 0. The fraction of sp³-hybridized carbons (Fsp3) is 0.750. The molecule has 5 heteroatoms. The van der Waals surface area contributed by atoms with E-state index in [0.29, 0.717) is 11.9 Å². The maximum Gasteiger partial charge on any atom is 0.227 e. The second-order valence-corrected chi connectivity index (χ2v) is 9.87. The average Bonchev–Trinajstić information content (AvgIpc) is 3.54. The molecule has 3 aliphatic heterocycles. The highest BCUT2D eigenvalue weighted by Gasteiger charge is 2.52. The zero-order valence-corrected chi connectivity index (χ0v) is 17.8. The standard InChI is InChI=1S/C24H36N4O/c29-23(28-15-2-1-9-24(28)10-11-24)21-4-3-14-27(19-21)22-7-16-26(17-8-22)18-20-5-12-25-13-6-20/h5-6,12-13,21-22H,1-4,7-11,14-19H2. The highest BCUT2D eigenvalue weighted by atomic mass is 16.2. The number of amides is 1. The van der Waals surface area contributed by atoms with Crippen molar-refractivity contribution in [2.45, 2.75) is 75.9 Å². The minimum atomic E-state index is 0.245. The molecule has 1 aliphatic carbocycles. The number of likely N-dealkylation sites (tertiary alicyclic amines) is 3. The molecule has 4 heterocycles. The first-order chi connectivity index (χ1) is 14.2. The summed E-state index contributed by atoms with van der Waals surface area (Å²) in [5.41, 5.74) is 1.65. The van der Waals surface area contributed by atoms with Crippen LogP contribution in [-0.4, -0.2) is 69.9 Å². The van der Waals surface area contributed by atoms with Gasteiger partial charge in [0.05, 0.1) is 5.92 Å². The third-order valence-corrected chi connectivity index (χ3v) is 7.97. The monoisotopic (exact) mass is 396 g/mol. The summed E-state index contributed by atoms with van der Waals surface area (Å²) in [5, 5.41) is 0. The van der Waals surface area contributed by atoms with Crippen molar-refractivity contribution in [2.75, 3.05) is 32.7 Å². The summed E-state index contributed by atoms with van der Waals surface area (Å²) >= 11 is 0. The minimum absolute atomic E-state index is 0.245. The molecular formula is C24H36N4O. The van der Waals surface area contributed by atoms with Gasteiger partial charge < -0.3 is 4.90 Å². The molecule has 0 N–H and O–H groups in total. The van der Waals surface area contributed by atoms with Gasteiger partial charge in [-0.3, -0.25) is 19.6 Å². The maximum atomic E-state index is 13.4. The van der Waals surface area contributed by atoms with E-state index >= 15 is 0 Å². The molecule has 1 unspecified atom stereocenters. The van der Waals surface area contributed by atoms with E-state index in [1.54, 1.807) is 0 Å². The Kier molecular flexibility index (Phi) is 5.61. The SMILES string of the molecule is O=C(C1CCCN(C2CCN(Cc3ccncc3)CC2)C1)N1CCCCC12CC2. The number of piperidine rings is 3. The summed E-state index contributed by atoms with van der Waals surface area (Å²) in [5.74, 6) is 0.733. The molecule has 0 bridgehead atoms. The van der Waals surface area contributed by atoms with Crippen LogP contribution >= 0.6 is 0 Å². The van der Waals surface area contributed by atoms with E-state index in [2.05, 4.69) is 31.8 Å². The first-order valence-corrected chi connectivity index (χ1v) is 11.9. The molecule has 1 spiro atoms. The van der Waals surface area contributed by atoms with Crippen molar-refractivity contribution >= 4 is 5.91 Å². The maximum absolute atomic E-state index is 13.4. The fourth-order valence-corrected chi connectivity index (χ4v) is 6.05. The normalized spacial score (nSPS) is 28.6. The van der Waals surface area contributed by atoms with E-state index in [9.17, 15) is 4.79 Å². The Morgan fingerprint density at radius 1 is 0.966 bits per heavy atom. The summed E-state index contributed by atoms with van der Waals surface area (Å²) < 4.78 is 0. The molecule has 0 aromatic carbocycles. The van der Waals surface area contributed by atoms with E-state index < -0.39 is 0 Å². The Hall–Kier alpha value is -1.46. The molecule has 4 aliphatic rings. The van der Waals surface area contributed by atoms with Crippen LogP contribution in [-0.2, 0) is 11.3 Å². The predicted octanol–water partition coefficient (Wildman–Crippen LogP) is 3.30. The summed E-state index contributed by atoms with van der Waals surface area (Å²) in [4.78, 5) is 25.1. The molecular weight excluding hydrogens is 360 g/mol. The van der Waals surface area contributed by atoms with Crippen molar-refractivity contribution in [3.63, 3.8) is 0 Å². The minimum Gasteiger partial charge on any atom is -0.337 e. The Morgan fingerprint density at radius 3 is 2.52 bits per heavy atom. The summed E-state index contributed by atoms with van der Waals surface area (Å²) in [6.45, 7) is 6.56. The van der Waals surface area contributed by atoms with Crippen molar-refractivity contribution in [2.24, 2.45) is 5.92 Å². The molecule has 1 saturated carbocycles. The second-order valence-electron chi connectivity index (χ2n) is 9.87. The lowest BCUT2D eigenvalue weighted by Gasteiger charge is -2.44. The molecule has 4 fully saturated rings. The summed E-state index contributed by atoms with van der Waals surface area (Å²) in [6, 6.07) is 4.91. The van der Waals surface area contributed by atoms with Crippen LogP contribution < -0.4 is 0 Å². The zero-order chi connectivity index (χ0) is 19.7. The van der Waals surface area contributed by atoms with Gasteiger partial charge in [0.2, 0.25) is 5.91 Å². The molecule has 1 aromatic rings. The van der Waals surface area contributed by atoms with Gasteiger partial charge in [-0.2, -0.15) is 0 Å². The van der Waals surface area contributed by atoms with Gasteiger partial charge in [0.1, 0.15) is 0 Å². The largest absolute Gasteiger partial charge is 0.337 e.